The second-order valence-electron chi connectivity index (χ2n) is 9.85. The Labute approximate surface area is 234 Å². The number of amides is 1. The van der Waals surface area contributed by atoms with E-state index in [2.05, 4.69) is 18.8 Å². The lowest BCUT2D eigenvalue weighted by Crippen LogP contribution is -2.49. The Bertz CT molecular complexity index is 890. The first-order chi connectivity index (χ1) is 18.7. The maximum atomic E-state index is 12.7. The van der Waals surface area contributed by atoms with Gasteiger partial charge in [-0.15, -0.1) is 0 Å². The van der Waals surface area contributed by atoms with Gasteiger partial charge in [-0.3, -0.25) is 9.59 Å². The fraction of sp³-hybridized carbons (Fsp3) is 0.531. The molecule has 215 valence electrons. The Morgan fingerprint density at radius 3 is 2.23 bits per heavy atom. The molecular weight excluding hydrogens is 494 g/mol. The lowest BCUT2D eigenvalue weighted by Gasteiger charge is -2.25. The third kappa shape index (κ3) is 14.7. The minimum absolute atomic E-state index is 0.336. The Morgan fingerprint density at radius 1 is 1.03 bits per heavy atom. The van der Waals surface area contributed by atoms with Crippen LogP contribution in [0.3, 0.4) is 0 Å². The van der Waals surface area contributed by atoms with Crippen molar-refractivity contribution >= 4 is 17.7 Å². The van der Waals surface area contributed by atoms with Crippen molar-refractivity contribution in [3.05, 3.63) is 68.1 Å². The fourth-order valence-electron chi connectivity index (χ4n) is 4.02. The van der Waals surface area contributed by atoms with E-state index in [-0.39, 0.29) is 0 Å². The number of ether oxygens (including phenoxy) is 1. The van der Waals surface area contributed by atoms with E-state index in [9.17, 15) is 24.6 Å². The number of aliphatic hydroxyl groups is 1. The van der Waals surface area contributed by atoms with E-state index in [1.165, 1.54) is 31.9 Å². The van der Waals surface area contributed by atoms with E-state index in [4.69, 9.17) is 11.7 Å². The van der Waals surface area contributed by atoms with E-state index < -0.39 is 23.4 Å². The van der Waals surface area contributed by atoms with Crippen molar-refractivity contribution in [3.63, 3.8) is 0 Å². The summed E-state index contributed by atoms with van der Waals surface area (Å²) in [5.74, 6) is -2.82. The van der Waals surface area contributed by atoms with Gasteiger partial charge in [0.1, 0.15) is 18.1 Å². The number of hydrogen-bond donors (Lipinski definition) is 3. The summed E-state index contributed by atoms with van der Waals surface area (Å²) in [7, 11) is 0. The lowest BCUT2D eigenvalue weighted by atomic mass is 9.87. The first-order valence-corrected chi connectivity index (χ1v) is 14.1. The third-order valence-electron chi connectivity index (χ3n) is 6.44. The van der Waals surface area contributed by atoms with Gasteiger partial charge in [0.15, 0.2) is 5.60 Å². The molecule has 1 aromatic carbocycles. The number of allylic oxidation sites excluding steroid dienone is 1. The topological polar surface area (TPSA) is 113 Å². The quantitative estimate of drug-likeness (QED) is 0.115. The van der Waals surface area contributed by atoms with Gasteiger partial charge in [0, 0.05) is 19.8 Å². The largest absolute Gasteiger partial charge is 0.490 e. The molecule has 0 aliphatic rings. The van der Waals surface area contributed by atoms with Crippen LogP contribution in [0.15, 0.2) is 49.1 Å². The number of unbranched alkanes of at least 4 members (excludes halogenated alkanes) is 8. The van der Waals surface area contributed by atoms with Crippen LogP contribution < -0.4 is 10.1 Å². The van der Waals surface area contributed by atoms with Gasteiger partial charge in [0.2, 0.25) is 5.91 Å². The Morgan fingerprint density at radius 2 is 1.64 bits per heavy atom. The van der Waals surface area contributed by atoms with Crippen LogP contribution in [0.25, 0.3) is 0 Å². The average molecular weight is 541 g/mol. The van der Waals surface area contributed by atoms with Crippen molar-refractivity contribution in [1.29, 1.82) is 0 Å². The maximum Gasteiger partial charge on any atom is 0.337 e. The summed E-state index contributed by atoms with van der Waals surface area (Å²) in [5, 5.41) is 22.2. The number of aliphatic carboxylic acids is 1. The highest BCUT2D eigenvalue weighted by Gasteiger charge is 2.42. The molecule has 1 rings (SSSR count). The van der Waals surface area contributed by atoms with Crippen LogP contribution in [0.4, 0.5) is 0 Å². The molecule has 7 heteroatoms. The van der Waals surface area contributed by atoms with Crippen molar-refractivity contribution < 1.29 is 29.3 Å². The second kappa shape index (κ2) is 20.0. The van der Waals surface area contributed by atoms with Gasteiger partial charge in [0.05, 0.1) is 12.5 Å². The number of benzene rings is 1. The summed E-state index contributed by atoms with van der Waals surface area (Å²) in [6.45, 7) is 13.3. The number of carbonyl (C=O) groups excluding carboxylic acids is 2. The summed E-state index contributed by atoms with van der Waals surface area (Å²) >= 11 is 0. The minimum atomic E-state index is -2.74. The number of nitrogens with one attached hydrogen (secondary N) is 1. The molecule has 1 aromatic rings. The molecule has 0 bridgehead atoms. The van der Waals surface area contributed by atoms with E-state index in [1.807, 2.05) is 12.1 Å². The second-order valence-corrected chi connectivity index (χ2v) is 9.85. The molecule has 1 amide bonds. The highest BCUT2D eigenvalue weighted by molar-refractivity contribution is 5.91. The zero-order valence-electron chi connectivity index (χ0n) is 23.4. The highest BCUT2D eigenvalue weighted by atomic mass is 16.5. The highest BCUT2D eigenvalue weighted by Crippen LogP contribution is 2.21. The monoisotopic (exact) mass is 540 g/mol. The van der Waals surface area contributed by atoms with Crippen LogP contribution in [0, 0.1) is 19.4 Å². The molecule has 0 spiro atoms. The molecule has 0 saturated carbocycles. The van der Waals surface area contributed by atoms with Crippen molar-refractivity contribution in [2.75, 3.05) is 6.61 Å². The van der Waals surface area contributed by atoms with Crippen LogP contribution >= 0.6 is 0 Å². The number of carbonyl (C=O) groups is 3. The third-order valence-corrected chi connectivity index (χ3v) is 6.44. The molecule has 3 radical (unpaired) electrons. The summed E-state index contributed by atoms with van der Waals surface area (Å²) in [6.07, 6.45) is 16.3. The molecule has 0 aliphatic heterocycles. The van der Waals surface area contributed by atoms with Crippen LogP contribution in [0.2, 0.25) is 0 Å². The predicted octanol–water partition coefficient (Wildman–Crippen LogP) is 6.04. The summed E-state index contributed by atoms with van der Waals surface area (Å²) in [5.41, 5.74) is -1.83. The van der Waals surface area contributed by atoms with Crippen LogP contribution in [-0.2, 0) is 20.8 Å². The van der Waals surface area contributed by atoms with Gasteiger partial charge in [-0.2, -0.15) is 0 Å². The number of Topliss-reactive ketones (excluding diaryl/α,β-unsaturated/α-hetero) is 1. The molecule has 3 N–H and O–H groups in total. The number of carboxylic acid groups (broad SMARTS) is 1. The van der Waals surface area contributed by atoms with Crippen LogP contribution in [0.1, 0.15) is 89.5 Å². The Hall–Kier alpha value is -2.93. The van der Waals surface area contributed by atoms with Crippen molar-refractivity contribution in [2.45, 2.75) is 96.0 Å². The molecule has 2 atom stereocenters. The summed E-state index contributed by atoms with van der Waals surface area (Å²) in [4.78, 5) is 36.2. The van der Waals surface area contributed by atoms with Crippen molar-refractivity contribution in [1.82, 2.24) is 5.32 Å². The maximum absolute atomic E-state index is 12.7. The van der Waals surface area contributed by atoms with Gasteiger partial charge in [-0.25, -0.2) is 4.79 Å². The molecule has 0 aliphatic carbocycles. The van der Waals surface area contributed by atoms with Gasteiger partial charge < -0.3 is 20.3 Å². The van der Waals surface area contributed by atoms with Gasteiger partial charge in [0.25, 0.3) is 0 Å². The number of carboxylic acids is 1. The lowest BCUT2D eigenvalue weighted by molar-refractivity contribution is -0.160. The normalized spacial score (nSPS) is 13.5. The molecule has 0 saturated heterocycles. The molecule has 0 heterocycles. The first-order valence-electron chi connectivity index (χ1n) is 14.1. The fourth-order valence-corrected chi connectivity index (χ4v) is 4.02. The standard InChI is InChI=1S/C32H46NO6/c1-4-6-7-10-13-16-27(34)17-14-11-8-9-12-15-18-29(32(3,38)31(36)37)30(35)33-24-23-26-19-21-28(22-20-26)39-25-5-2/h3,5,15,18-22,24,29,38H,2,4,6-14,16-17,23,25H2,1H3,(H,33,35)(H,36,37)/b18-15+/t29-,32+/m1/s1. The molecular formula is C32H46NO6. The zero-order valence-corrected chi connectivity index (χ0v) is 23.4. The van der Waals surface area contributed by atoms with E-state index in [0.29, 0.717) is 43.8 Å². The molecule has 39 heavy (non-hydrogen) atoms. The number of ketones is 1. The van der Waals surface area contributed by atoms with E-state index >= 15 is 0 Å². The smallest absolute Gasteiger partial charge is 0.337 e. The van der Waals surface area contributed by atoms with E-state index in [0.717, 1.165) is 44.1 Å². The Kier molecular flexibility index (Phi) is 17.5. The first kappa shape index (κ1) is 34.1. The number of rotatable bonds is 23. The van der Waals surface area contributed by atoms with E-state index in [1.54, 1.807) is 24.3 Å². The van der Waals surface area contributed by atoms with Crippen molar-refractivity contribution in [3.8, 4) is 5.75 Å². The Balaban J connectivity index is 2.40. The van der Waals surface area contributed by atoms with Gasteiger partial charge >= 0.3 is 5.97 Å². The molecule has 7 nitrogen and oxygen atoms in total. The number of hydrogen-bond acceptors (Lipinski definition) is 5. The molecule has 0 aromatic heterocycles. The minimum Gasteiger partial charge on any atom is -0.490 e. The zero-order chi connectivity index (χ0) is 28.9. The SMILES string of the molecule is [CH][C@@](O)(C(=O)O)[C@H](/C=C/CCCCCCC(=O)CCCCCCC)C(=O)N[CH]Cc1ccc(OCC=C)cc1. The van der Waals surface area contributed by atoms with Crippen LogP contribution in [-0.4, -0.2) is 40.1 Å². The molecule has 0 fully saturated rings. The van der Waals surface area contributed by atoms with Gasteiger partial charge in [-0.05, 0) is 49.8 Å². The summed E-state index contributed by atoms with van der Waals surface area (Å²) in [6, 6.07) is 7.30. The predicted molar refractivity (Wildman–Crippen MR) is 154 cm³/mol. The van der Waals surface area contributed by atoms with Crippen molar-refractivity contribution in [2.24, 2.45) is 5.92 Å². The average Bonchev–Trinajstić information content (AvgIpc) is 2.91. The molecule has 0 unspecified atom stereocenters. The van der Waals surface area contributed by atoms with Crippen LogP contribution in [0.5, 0.6) is 5.75 Å². The summed E-state index contributed by atoms with van der Waals surface area (Å²) < 4.78 is 5.43. The van der Waals surface area contributed by atoms with Gasteiger partial charge in [-0.1, -0.05) is 82.4 Å².